The van der Waals surface area contributed by atoms with Crippen molar-refractivity contribution in [2.24, 2.45) is 15.1 Å². The molecular weight excluding hydrogens is 540 g/mol. The molecule has 11 nitrogen and oxygen atoms in total. The van der Waals surface area contributed by atoms with E-state index in [0.717, 1.165) is 30.2 Å². The average molecular weight is 571 g/mol. The molecule has 0 saturated heterocycles. The lowest BCUT2D eigenvalue weighted by Crippen LogP contribution is -2.42. The van der Waals surface area contributed by atoms with Gasteiger partial charge in [0.15, 0.2) is 5.17 Å². The number of fused-ring (bicyclic) bond motifs is 3. The first kappa shape index (κ1) is 28.5. The zero-order valence-electron chi connectivity index (χ0n) is 21.4. The zero-order chi connectivity index (χ0) is 28.0. The molecule has 1 atom stereocenters. The van der Waals surface area contributed by atoms with Gasteiger partial charge in [-0.05, 0) is 42.7 Å². The number of hydrogen-bond donors (Lipinski definition) is 3. The van der Waals surface area contributed by atoms with Crippen LogP contribution in [-0.4, -0.2) is 66.9 Å². The molecule has 4 rings (SSSR count). The molecule has 0 saturated carbocycles. The van der Waals surface area contributed by atoms with Crippen LogP contribution in [0.25, 0.3) is 0 Å². The number of carbonyl (C=O) groups is 3. The van der Waals surface area contributed by atoms with E-state index in [9.17, 15) is 22.8 Å². The highest BCUT2D eigenvalue weighted by Gasteiger charge is 2.42. The summed E-state index contributed by atoms with van der Waals surface area (Å²) < 4.78 is 22.8. The summed E-state index contributed by atoms with van der Waals surface area (Å²) in [5.74, 6) is -0.378. The maximum Gasteiger partial charge on any atom is 0.259 e. The molecule has 2 aliphatic heterocycles. The Morgan fingerprint density at radius 3 is 2.49 bits per heavy atom. The van der Waals surface area contributed by atoms with Crippen molar-refractivity contribution in [3.05, 3.63) is 59.7 Å². The van der Waals surface area contributed by atoms with Crippen molar-refractivity contribution in [3.8, 4) is 0 Å². The SMILES string of the molecule is CCCCNC(=O)C[C@@H]1N=C2c3ccccc3N=C(SCC(=O)NCCc3ccc(S(N)(=O)=O)cc3)N2C1=O. The Kier molecular flexibility index (Phi) is 9.15. The van der Waals surface area contributed by atoms with E-state index in [-0.39, 0.29) is 34.8 Å². The van der Waals surface area contributed by atoms with Crippen molar-refractivity contribution in [3.63, 3.8) is 0 Å². The quantitative estimate of drug-likeness (QED) is 0.348. The van der Waals surface area contributed by atoms with Crippen LogP contribution in [0, 0.1) is 0 Å². The number of benzene rings is 2. The number of amides is 3. The van der Waals surface area contributed by atoms with Crippen LogP contribution < -0.4 is 15.8 Å². The topological polar surface area (TPSA) is 163 Å². The van der Waals surface area contributed by atoms with E-state index in [1.54, 1.807) is 12.1 Å². The first-order chi connectivity index (χ1) is 18.7. The highest BCUT2D eigenvalue weighted by atomic mass is 32.2. The van der Waals surface area contributed by atoms with Crippen LogP contribution in [0.1, 0.15) is 37.3 Å². The predicted octanol–water partition coefficient (Wildman–Crippen LogP) is 1.69. The molecule has 0 aromatic heterocycles. The summed E-state index contributed by atoms with van der Waals surface area (Å²) in [5.41, 5.74) is 2.18. The molecule has 2 aromatic rings. The van der Waals surface area contributed by atoms with Gasteiger partial charge >= 0.3 is 0 Å². The summed E-state index contributed by atoms with van der Waals surface area (Å²) in [6, 6.07) is 12.6. The fourth-order valence-corrected chi connectivity index (χ4v) is 5.40. The van der Waals surface area contributed by atoms with Crippen molar-refractivity contribution in [1.29, 1.82) is 0 Å². The van der Waals surface area contributed by atoms with Gasteiger partial charge in [-0.2, -0.15) is 0 Å². The van der Waals surface area contributed by atoms with Gasteiger partial charge < -0.3 is 10.6 Å². The molecule has 13 heteroatoms. The lowest BCUT2D eigenvalue weighted by Gasteiger charge is -2.25. The lowest BCUT2D eigenvalue weighted by atomic mass is 10.1. The standard InChI is InChI=1S/C26H30N6O5S2/c1-2-3-13-28-22(33)15-21-25(35)32-24(30-21)19-6-4-5-7-20(19)31-26(32)38-16-23(34)29-14-12-17-8-10-18(11-9-17)39(27,36)37/h4-11,21H,2-3,12-16H2,1H3,(H,28,33)(H,29,34)(H2,27,36,37)/t21-/m0/s1. The minimum Gasteiger partial charge on any atom is -0.356 e. The highest BCUT2D eigenvalue weighted by Crippen LogP contribution is 2.34. The van der Waals surface area contributed by atoms with Gasteiger partial charge in [-0.25, -0.2) is 23.4 Å². The van der Waals surface area contributed by atoms with Crippen LogP contribution in [0.2, 0.25) is 0 Å². The second kappa shape index (κ2) is 12.5. The minimum atomic E-state index is -3.75. The Balaban J connectivity index is 1.36. The third-order valence-electron chi connectivity index (χ3n) is 6.10. The number of nitrogens with zero attached hydrogens (tertiary/aromatic N) is 3. The van der Waals surface area contributed by atoms with Gasteiger partial charge in [0.25, 0.3) is 5.91 Å². The molecule has 0 fully saturated rings. The number of unbranched alkanes of at least 4 members (excludes halogenated alkanes) is 1. The minimum absolute atomic E-state index is 0.0184. The van der Waals surface area contributed by atoms with Gasteiger partial charge in [0.2, 0.25) is 21.8 Å². The molecule has 39 heavy (non-hydrogen) atoms. The number of hydrogen-bond acceptors (Lipinski definition) is 8. The number of sulfonamides is 1. The maximum absolute atomic E-state index is 13.3. The summed E-state index contributed by atoms with van der Waals surface area (Å²) in [7, 11) is -3.75. The summed E-state index contributed by atoms with van der Waals surface area (Å²) in [6.45, 7) is 2.93. The largest absolute Gasteiger partial charge is 0.356 e. The molecule has 3 amide bonds. The number of amidine groups is 2. The van der Waals surface area contributed by atoms with E-state index in [2.05, 4.69) is 20.6 Å². The van der Waals surface area contributed by atoms with Crippen molar-refractivity contribution in [2.75, 3.05) is 18.8 Å². The fourth-order valence-electron chi connectivity index (χ4n) is 4.06. The monoisotopic (exact) mass is 570 g/mol. The van der Waals surface area contributed by atoms with E-state index < -0.39 is 16.1 Å². The fraction of sp³-hybridized carbons (Fsp3) is 0.346. The molecule has 206 valence electrons. The van der Waals surface area contributed by atoms with Gasteiger partial charge in [-0.3, -0.25) is 19.4 Å². The summed E-state index contributed by atoms with van der Waals surface area (Å²) >= 11 is 1.12. The highest BCUT2D eigenvalue weighted by molar-refractivity contribution is 8.14. The van der Waals surface area contributed by atoms with E-state index in [4.69, 9.17) is 5.14 Å². The number of nitrogens with two attached hydrogens (primary N) is 1. The Morgan fingerprint density at radius 2 is 1.77 bits per heavy atom. The number of carbonyl (C=O) groups excluding carboxylic acids is 3. The molecule has 0 spiro atoms. The molecule has 4 N–H and O–H groups in total. The third-order valence-corrected chi connectivity index (χ3v) is 7.97. The van der Waals surface area contributed by atoms with E-state index in [1.165, 1.54) is 17.0 Å². The van der Waals surface area contributed by atoms with Crippen LogP contribution in [0.5, 0.6) is 0 Å². The van der Waals surface area contributed by atoms with Crippen LogP contribution >= 0.6 is 11.8 Å². The van der Waals surface area contributed by atoms with Crippen LogP contribution in [0.3, 0.4) is 0 Å². The van der Waals surface area contributed by atoms with Gasteiger partial charge in [0.05, 0.1) is 22.8 Å². The second-order valence-electron chi connectivity index (χ2n) is 9.04. The van der Waals surface area contributed by atoms with Gasteiger partial charge in [-0.1, -0.05) is 49.4 Å². The Bertz CT molecular complexity index is 1420. The molecule has 0 unspecified atom stereocenters. The molecule has 0 radical (unpaired) electrons. The van der Waals surface area contributed by atoms with Crippen LogP contribution in [0.15, 0.2) is 63.4 Å². The van der Waals surface area contributed by atoms with E-state index in [0.29, 0.717) is 41.8 Å². The van der Waals surface area contributed by atoms with Crippen molar-refractivity contribution in [2.45, 2.75) is 43.5 Å². The maximum atomic E-state index is 13.3. The molecule has 2 aliphatic rings. The van der Waals surface area contributed by atoms with E-state index in [1.807, 2.05) is 31.2 Å². The molecular formula is C26H30N6O5S2. The predicted molar refractivity (Wildman–Crippen MR) is 150 cm³/mol. The number of nitrogens with one attached hydrogen (secondary N) is 2. The third kappa shape index (κ3) is 7.11. The van der Waals surface area contributed by atoms with Crippen LogP contribution in [-0.2, 0) is 30.8 Å². The molecule has 2 aromatic carbocycles. The zero-order valence-corrected chi connectivity index (χ0v) is 23.1. The smallest absolute Gasteiger partial charge is 0.259 e. The first-order valence-corrected chi connectivity index (χ1v) is 15.1. The lowest BCUT2D eigenvalue weighted by molar-refractivity contribution is -0.128. The number of aliphatic imine (C=N–C) groups is 2. The summed E-state index contributed by atoms with van der Waals surface area (Å²) in [6.07, 6.45) is 2.26. The van der Waals surface area contributed by atoms with E-state index >= 15 is 0 Å². The van der Waals surface area contributed by atoms with Gasteiger partial charge in [0, 0.05) is 18.7 Å². The Hall–Kier alpha value is -3.55. The normalized spacial score (nSPS) is 16.2. The van der Waals surface area contributed by atoms with Crippen molar-refractivity contribution >= 4 is 56.2 Å². The average Bonchev–Trinajstić information content (AvgIpc) is 3.23. The summed E-state index contributed by atoms with van der Waals surface area (Å²) in [4.78, 5) is 48.8. The van der Waals surface area contributed by atoms with Crippen molar-refractivity contribution < 1.29 is 22.8 Å². The number of primary sulfonamides is 1. The van der Waals surface area contributed by atoms with Crippen molar-refractivity contribution in [1.82, 2.24) is 15.5 Å². The molecule has 2 heterocycles. The molecule has 0 aliphatic carbocycles. The first-order valence-electron chi connectivity index (χ1n) is 12.5. The number of rotatable bonds is 11. The Labute approximate surface area is 231 Å². The second-order valence-corrected chi connectivity index (χ2v) is 11.5. The van der Waals surface area contributed by atoms with Crippen LogP contribution in [0.4, 0.5) is 5.69 Å². The van der Waals surface area contributed by atoms with Gasteiger partial charge in [-0.15, -0.1) is 0 Å². The van der Waals surface area contributed by atoms with Gasteiger partial charge in [0.1, 0.15) is 11.9 Å². The molecule has 0 bridgehead atoms. The summed E-state index contributed by atoms with van der Waals surface area (Å²) in [5, 5.41) is 11.1. The number of para-hydroxylation sites is 1. The number of thioether (sulfide) groups is 1. The Morgan fingerprint density at radius 1 is 1.05 bits per heavy atom.